The second kappa shape index (κ2) is 6.27. The number of aryl methyl sites for hydroxylation is 1. The first-order chi connectivity index (χ1) is 10.6. The first-order valence-corrected chi connectivity index (χ1v) is 7.56. The number of aromatic nitrogens is 3. The van der Waals surface area contributed by atoms with Crippen LogP contribution in [0.4, 0.5) is 0 Å². The van der Waals surface area contributed by atoms with Gasteiger partial charge in [0.1, 0.15) is 0 Å². The lowest BCUT2D eigenvalue weighted by Crippen LogP contribution is -2.45. The van der Waals surface area contributed by atoms with E-state index in [1.807, 2.05) is 13.2 Å². The van der Waals surface area contributed by atoms with Crippen LogP contribution < -0.4 is 5.32 Å². The summed E-state index contributed by atoms with van der Waals surface area (Å²) in [5.41, 5.74) is 2.27. The predicted octanol–water partition coefficient (Wildman–Crippen LogP) is 1.52. The minimum absolute atomic E-state index is 0.164. The Bertz CT molecular complexity index is 668. The number of pyridine rings is 1. The molecule has 116 valence electrons. The quantitative estimate of drug-likeness (QED) is 0.900. The Morgan fingerprint density at radius 2 is 2.09 bits per heavy atom. The lowest BCUT2D eigenvalue weighted by Gasteiger charge is -2.28. The SMILES string of the molecule is Cn1cc(-c2cncc(C(=O)N[C@H]3CCCC[C@@H]3O)c2)cn1. The number of nitrogens with one attached hydrogen (secondary N) is 1. The summed E-state index contributed by atoms with van der Waals surface area (Å²) < 4.78 is 1.71. The molecule has 0 bridgehead atoms. The molecule has 1 aliphatic rings. The number of amides is 1. The van der Waals surface area contributed by atoms with Gasteiger partial charge in [0.05, 0.1) is 23.9 Å². The van der Waals surface area contributed by atoms with Gasteiger partial charge < -0.3 is 10.4 Å². The zero-order valence-corrected chi connectivity index (χ0v) is 12.6. The molecule has 1 saturated carbocycles. The van der Waals surface area contributed by atoms with E-state index in [9.17, 15) is 9.90 Å². The fraction of sp³-hybridized carbons (Fsp3) is 0.438. The van der Waals surface area contributed by atoms with Crippen molar-refractivity contribution in [3.05, 3.63) is 36.4 Å². The Morgan fingerprint density at radius 1 is 1.27 bits per heavy atom. The predicted molar refractivity (Wildman–Crippen MR) is 82.2 cm³/mol. The Balaban J connectivity index is 1.75. The standard InChI is InChI=1S/C16H20N4O2/c1-20-10-13(9-18-20)11-6-12(8-17-7-11)16(22)19-14-4-2-3-5-15(14)21/h6-10,14-15,21H,2-5H2,1H3,(H,19,22)/t14-,15-/m0/s1. The second-order valence-electron chi connectivity index (χ2n) is 5.80. The van der Waals surface area contributed by atoms with Crippen molar-refractivity contribution in [2.75, 3.05) is 0 Å². The molecule has 0 unspecified atom stereocenters. The molecule has 1 fully saturated rings. The maximum Gasteiger partial charge on any atom is 0.253 e. The molecule has 2 aromatic rings. The maximum absolute atomic E-state index is 12.4. The van der Waals surface area contributed by atoms with E-state index in [0.717, 1.165) is 36.8 Å². The monoisotopic (exact) mass is 300 g/mol. The van der Waals surface area contributed by atoms with Gasteiger partial charge in [0.2, 0.25) is 0 Å². The first kappa shape index (κ1) is 14.7. The van der Waals surface area contributed by atoms with Crippen molar-refractivity contribution in [2.45, 2.75) is 37.8 Å². The molecule has 2 heterocycles. The average Bonchev–Trinajstić information content (AvgIpc) is 2.96. The minimum Gasteiger partial charge on any atom is -0.391 e. The van der Waals surface area contributed by atoms with Gasteiger partial charge in [0, 0.05) is 36.8 Å². The zero-order valence-electron chi connectivity index (χ0n) is 12.6. The molecule has 1 aliphatic carbocycles. The van der Waals surface area contributed by atoms with Crippen molar-refractivity contribution in [3.63, 3.8) is 0 Å². The number of carbonyl (C=O) groups is 1. The van der Waals surface area contributed by atoms with E-state index >= 15 is 0 Å². The summed E-state index contributed by atoms with van der Waals surface area (Å²) in [5.74, 6) is -0.191. The molecule has 3 rings (SSSR count). The molecule has 0 aliphatic heterocycles. The Morgan fingerprint density at radius 3 is 2.82 bits per heavy atom. The Kier molecular flexibility index (Phi) is 4.20. The number of aliphatic hydroxyl groups is 1. The Labute approximate surface area is 129 Å². The number of carbonyl (C=O) groups excluding carboxylic acids is 1. The summed E-state index contributed by atoms with van der Waals surface area (Å²) in [7, 11) is 1.85. The highest BCUT2D eigenvalue weighted by molar-refractivity contribution is 5.95. The third kappa shape index (κ3) is 3.17. The van der Waals surface area contributed by atoms with Crippen LogP contribution in [-0.4, -0.2) is 37.9 Å². The van der Waals surface area contributed by atoms with Crippen LogP contribution >= 0.6 is 0 Å². The van der Waals surface area contributed by atoms with Gasteiger partial charge >= 0.3 is 0 Å². The molecule has 2 N–H and O–H groups in total. The fourth-order valence-corrected chi connectivity index (χ4v) is 2.82. The van der Waals surface area contributed by atoms with Crippen LogP contribution in [0.5, 0.6) is 0 Å². The van der Waals surface area contributed by atoms with E-state index in [-0.39, 0.29) is 11.9 Å². The number of rotatable bonds is 3. The van der Waals surface area contributed by atoms with Crippen molar-refractivity contribution in [1.29, 1.82) is 0 Å². The molecule has 1 amide bonds. The van der Waals surface area contributed by atoms with Crippen LogP contribution in [0.1, 0.15) is 36.0 Å². The summed E-state index contributed by atoms with van der Waals surface area (Å²) in [6.07, 6.45) is 10.1. The third-order valence-electron chi connectivity index (χ3n) is 4.08. The van der Waals surface area contributed by atoms with Gasteiger partial charge in [-0.2, -0.15) is 5.10 Å². The van der Waals surface area contributed by atoms with E-state index in [1.54, 1.807) is 29.3 Å². The highest BCUT2D eigenvalue weighted by Gasteiger charge is 2.25. The highest BCUT2D eigenvalue weighted by atomic mass is 16.3. The molecule has 0 saturated heterocycles. The van der Waals surface area contributed by atoms with Crippen LogP contribution in [0.2, 0.25) is 0 Å². The van der Waals surface area contributed by atoms with Gasteiger partial charge in [-0.15, -0.1) is 0 Å². The molecule has 0 radical (unpaired) electrons. The summed E-state index contributed by atoms with van der Waals surface area (Å²) in [6, 6.07) is 1.64. The number of hydrogen-bond acceptors (Lipinski definition) is 4. The van der Waals surface area contributed by atoms with Gasteiger partial charge in [-0.3, -0.25) is 14.5 Å². The van der Waals surface area contributed by atoms with E-state index < -0.39 is 6.10 Å². The highest BCUT2D eigenvalue weighted by Crippen LogP contribution is 2.20. The van der Waals surface area contributed by atoms with E-state index in [2.05, 4.69) is 15.4 Å². The molecular weight excluding hydrogens is 280 g/mol. The van der Waals surface area contributed by atoms with Crippen LogP contribution in [0, 0.1) is 0 Å². The van der Waals surface area contributed by atoms with Crippen molar-refractivity contribution in [1.82, 2.24) is 20.1 Å². The molecule has 6 heteroatoms. The lowest BCUT2D eigenvalue weighted by molar-refractivity contribution is 0.0717. The summed E-state index contributed by atoms with van der Waals surface area (Å²) >= 11 is 0. The number of aliphatic hydroxyl groups excluding tert-OH is 1. The zero-order chi connectivity index (χ0) is 15.5. The summed E-state index contributed by atoms with van der Waals surface area (Å²) in [5, 5.41) is 17.0. The lowest BCUT2D eigenvalue weighted by atomic mass is 9.92. The van der Waals surface area contributed by atoms with Crippen LogP contribution in [0.15, 0.2) is 30.9 Å². The molecular formula is C16H20N4O2. The molecule has 22 heavy (non-hydrogen) atoms. The fourth-order valence-electron chi connectivity index (χ4n) is 2.82. The van der Waals surface area contributed by atoms with Gasteiger partial charge in [-0.1, -0.05) is 12.8 Å². The van der Waals surface area contributed by atoms with Crippen LogP contribution in [-0.2, 0) is 7.05 Å². The second-order valence-corrected chi connectivity index (χ2v) is 5.80. The van der Waals surface area contributed by atoms with Gasteiger partial charge in [0.25, 0.3) is 5.91 Å². The first-order valence-electron chi connectivity index (χ1n) is 7.56. The van der Waals surface area contributed by atoms with Gasteiger partial charge in [-0.25, -0.2) is 0 Å². The van der Waals surface area contributed by atoms with Gasteiger partial charge in [-0.05, 0) is 18.9 Å². The molecule has 2 atom stereocenters. The van der Waals surface area contributed by atoms with E-state index in [0.29, 0.717) is 5.56 Å². The summed E-state index contributed by atoms with van der Waals surface area (Å²) in [4.78, 5) is 16.5. The molecule has 0 aromatic carbocycles. The smallest absolute Gasteiger partial charge is 0.253 e. The molecule has 2 aromatic heterocycles. The van der Waals surface area contributed by atoms with Crippen molar-refractivity contribution >= 4 is 5.91 Å². The molecule has 0 spiro atoms. The van der Waals surface area contributed by atoms with E-state index in [1.165, 1.54) is 0 Å². The maximum atomic E-state index is 12.4. The normalized spacial score (nSPS) is 21.5. The Hall–Kier alpha value is -2.21. The molecule has 6 nitrogen and oxygen atoms in total. The van der Waals surface area contributed by atoms with E-state index in [4.69, 9.17) is 0 Å². The minimum atomic E-state index is -0.452. The average molecular weight is 300 g/mol. The largest absolute Gasteiger partial charge is 0.391 e. The van der Waals surface area contributed by atoms with Crippen molar-refractivity contribution in [3.8, 4) is 11.1 Å². The summed E-state index contributed by atoms with van der Waals surface area (Å²) in [6.45, 7) is 0. The van der Waals surface area contributed by atoms with Crippen molar-refractivity contribution < 1.29 is 9.90 Å². The van der Waals surface area contributed by atoms with Crippen LogP contribution in [0.25, 0.3) is 11.1 Å². The third-order valence-corrected chi connectivity index (χ3v) is 4.08. The van der Waals surface area contributed by atoms with Crippen molar-refractivity contribution in [2.24, 2.45) is 7.05 Å². The van der Waals surface area contributed by atoms with Gasteiger partial charge in [0.15, 0.2) is 0 Å². The topological polar surface area (TPSA) is 80.0 Å². The van der Waals surface area contributed by atoms with Crippen LogP contribution in [0.3, 0.4) is 0 Å². The number of hydrogen-bond donors (Lipinski definition) is 2. The number of nitrogens with zero attached hydrogens (tertiary/aromatic N) is 3.